The molecule has 30 atom stereocenters. The van der Waals surface area contributed by atoms with Gasteiger partial charge < -0.3 is 174 Å². The summed E-state index contributed by atoms with van der Waals surface area (Å²) in [4.78, 5) is 40.9. The van der Waals surface area contributed by atoms with Crippen LogP contribution in [-0.2, 0) is 85.4 Å². The molecular weight excluding hydrogens is 1670 g/mol. The molecule has 0 unspecified atom stereocenters. The highest BCUT2D eigenvalue weighted by atomic mass is 16.8. The number of carbonyl (C=O) groups is 3. The molecule has 6 aromatic carbocycles. The van der Waals surface area contributed by atoms with Crippen LogP contribution < -0.4 is 56.8 Å². The number of carbonyl (C=O) groups excluding carboxylic acids is 3. The number of cyclic esters (lactones) is 3. The van der Waals surface area contributed by atoms with Crippen LogP contribution >= 0.6 is 0 Å². The largest absolute Gasteiger partial charge is 0.502 e. The SMILES string of the molecule is [2H]C([2H])([2H])Oc1cc([C@@H]2c3cc4c(cc3[C@@H](O[C@@H]3O[C@@H]5CO[C@@H](C)O[C@H]5[C@H](O)[C@H]3O)[C@H]3COC(=O)[C@]23[2H])OCO4)cc(OC([2H])([2H])[2H])c1O.[2H]C1([2H])OC(=O)[C@]2([2H])[C@H](c3cc(OC)c(O)c(OC)c3)c3cc4c(cc3[C@@H](O[C@@H]3O[C@@H]5CO[C@@H](C)O[C@H]5[C@H](O)[C@H]3O)[C@@H]12)OCO4.[2H][C@]12C(=O)OC[C@@H]1[C@H](O[C@@H]1O[C@@H]3CO[C@@H](C)O[C@H]3[C@H](O)[C@H]1O)c1cc3c(cc1[C@H]2c1cc(OC)c(O)c(OC)c1)OCO3. The van der Waals surface area contributed by atoms with Crippen LogP contribution in [0.2, 0.25) is 0 Å². The van der Waals surface area contributed by atoms with Gasteiger partial charge in [-0.05, 0) is 144 Å². The Bertz CT molecular complexity index is 5570. The smallest absolute Gasteiger partial charge is 0.310 e. The van der Waals surface area contributed by atoms with Crippen molar-refractivity contribution in [3.8, 4) is 86.2 Å². The molecule has 0 saturated carbocycles. The lowest BCUT2D eigenvalue weighted by Gasteiger charge is -2.47. The molecule has 9 N–H and O–H groups in total. The topological polar surface area (TPSA) is 482 Å². The van der Waals surface area contributed by atoms with Gasteiger partial charge >= 0.3 is 17.9 Å². The third-order valence-corrected chi connectivity index (χ3v) is 25.0. The molecule has 21 rings (SSSR count). The molecule has 678 valence electrons. The zero-order valence-corrected chi connectivity index (χ0v) is 67.9. The third kappa shape index (κ3) is 14.8. The van der Waals surface area contributed by atoms with E-state index in [0.717, 1.165) is 12.1 Å². The number of aromatic hydroxyl groups is 3. The van der Waals surface area contributed by atoms with Gasteiger partial charge in [0.15, 0.2) is 107 Å². The molecule has 9 saturated heterocycles. The summed E-state index contributed by atoms with van der Waals surface area (Å²) in [5.41, 5.74) is 2.86. The summed E-state index contributed by atoms with van der Waals surface area (Å²) in [5.74, 6) is -17.5. The predicted octanol–water partition coefficient (Wildman–Crippen LogP) is 4.02. The second kappa shape index (κ2) is 34.2. The van der Waals surface area contributed by atoms with Gasteiger partial charge in [-0.2, -0.15) is 0 Å². The van der Waals surface area contributed by atoms with Gasteiger partial charge in [0.1, 0.15) is 73.2 Å². The molecule has 126 heavy (non-hydrogen) atoms. The number of fused-ring (bicyclic) bond motifs is 12. The fraction of sp³-hybridized carbons (Fsp3) is 0.552. The summed E-state index contributed by atoms with van der Waals surface area (Å²) in [6.07, 6.45) is -24.1. The Morgan fingerprint density at radius 3 is 0.905 bits per heavy atom. The zero-order valence-electron chi connectivity index (χ0n) is 78.9. The summed E-state index contributed by atoms with van der Waals surface area (Å²) in [5, 5.41) is 98.1. The van der Waals surface area contributed by atoms with Crippen molar-refractivity contribution in [3.63, 3.8) is 0 Å². The van der Waals surface area contributed by atoms with Gasteiger partial charge in [-0.3, -0.25) is 14.4 Å². The average molecular weight is 1780 g/mol. The van der Waals surface area contributed by atoms with Crippen molar-refractivity contribution in [1.82, 2.24) is 0 Å². The van der Waals surface area contributed by atoms with Gasteiger partial charge in [-0.15, -0.1) is 0 Å². The molecule has 39 nitrogen and oxygen atoms in total. The maximum absolute atomic E-state index is 13.7. The lowest BCUT2D eigenvalue weighted by molar-refractivity contribution is -0.364. The van der Waals surface area contributed by atoms with Crippen molar-refractivity contribution in [1.29, 1.82) is 0 Å². The minimum absolute atomic E-state index is 0.00644. The van der Waals surface area contributed by atoms with Crippen LogP contribution in [0.3, 0.4) is 0 Å². The molecule has 39 heteroatoms. The van der Waals surface area contributed by atoms with Crippen molar-refractivity contribution < 1.29 is 203 Å². The number of aliphatic hydroxyl groups is 6. The molecule has 6 aromatic rings. The Morgan fingerprint density at radius 1 is 0.341 bits per heavy atom. The Hall–Kier alpha value is -9.99. The molecule has 12 heterocycles. The van der Waals surface area contributed by atoms with Gasteiger partial charge in [0, 0.05) is 39.6 Å². The van der Waals surface area contributed by atoms with E-state index in [4.69, 9.17) is 139 Å². The van der Waals surface area contributed by atoms with Gasteiger partial charge in [-0.25, -0.2) is 0 Å². The molecule has 0 radical (unpaired) electrons. The standard InChI is InChI=1S/3C29H32O13/c3*1-11-36-9-20-27(40-11)24(31)25(32)29(41-20)42-26-14-7-17-16(38-10-39-17)6-13(14)21(22-15(26)8-37-28(22)33)12-4-18(34-2)23(30)19(5-12)35-3/h3*4-7,11,15,20-22,24-27,29-32H,8-10H2,1-3H3/t3*11-,15+,20-,21-,22+,24-,25-,26-,27-,29+/m111/s1/i2D3,3D3,22D;8D2,22D;22D. The zero-order chi connectivity index (χ0) is 97.4. The Kier molecular flexibility index (Phi) is 19.8. The molecule has 0 spiro atoms. The highest BCUT2D eigenvalue weighted by Crippen LogP contribution is 2.62. The van der Waals surface area contributed by atoms with Gasteiger partial charge in [0.25, 0.3) is 0 Å². The van der Waals surface area contributed by atoms with Crippen LogP contribution in [0, 0.1) is 35.4 Å². The highest BCUT2D eigenvalue weighted by molar-refractivity contribution is 5.81. The first kappa shape index (κ1) is 73.0. The summed E-state index contributed by atoms with van der Waals surface area (Å²) < 4.78 is 244. The van der Waals surface area contributed by atoms with E-state index >= 15 is 0 Å². The van der Waals surface area contributed by atoms with E-state index in [1.807, 2.05) is 0 Å². The Morgan fingerprint density at radius 2 is 0.611 bits per heavy atom. The number of rotatable bonds is 15. The summed E-state index contributed by atoms with van der Waals surface area (Å²) >= 11 is 0. The van der Waals surface area contributed by atoms with Crippen LogP contribution in [-0.4, -0.2) is 277 Å². The van der Waals surface area contributed by atoms with Crippen LogP contribution in [0.5, 0.6) is 86.2 Å². The molecule has 15 aliphatic rings. The van der Waals surface area contributed by atoms with E-state index in [1.165, 1.54) is 46.6 Å². The maximum atomic E-state index is 13.7. The van der Waals surface area contributed by atoms with E-state index in [2.05, 4.69) is 0 Å². The normalized spacial score (nSPS) is 40.1. The number of methoxy groups -OCH3 is 6. The van der Waals surface area contributed by atoms with Crippen molar-refractivity contribution in [3.05, 3.63) is 123 Å². The second-order valence-corrected chi connectivity index (χ2v) is 31.9. The van der Waals surface area contributed by atoms with Crippen molar-refractivity contribution in [2.45, 2.75) is 168 Å². The highest BCUT2D eigenvalue weighted by Gasteiger charge is 2.61. The first-order chi connectivity index (χ1) is 65.0. The van der Waals surface area contributed by atoms with E-state index in [1.54, 1.807) is 63.2 Å². The van der Waals surface area contributed by atoms with Gasteiger partial charge in [-0.1, -0.05) is 0 Å². The lowest BCUT2D eigenvalue weighted by atomic mass is 9.66. The molecule has 0 bridgehead atoms. The van der Waals surface area contributed by atoms with Crippen LogP contribution in [0.15, 0.2) is 72.8 Å². The summed E-state index contributed by atoms with van der Waals surface area (Å²) in [6, 6.07) is 17.7. The summed E-state index contributed by atoms with van der Waals surface area (Å²) in [7, 11) is -0.784. The monoisotopic (exact) mass is 1780 g/mol. The van der Waals surface area contributed by atoms with Crippen LogP contribution in [0.4, 0.5) is 0 Å². The number of hydrogen-bond donors (Lipinski definition) is 9. The quantitative estimate of drug-likeness (QED) is 0.0518. The van der Waals surface area contributed by atoms with Crippen molar-refractivity contribution in [2.75, 3.05) is 102 Å². The average Bonchev–Trinajstić information content (AvgIpc) is 1.54. The molecule has 12 aliphatic heterocycles. The molecule has 3 aliphatic carbocycles. The predicted molar refractivity (Wildman–Crippen MR) is 415 cm³/mol. The van der Waals surface area contributed by atoms with Gasteiger partial charge in [0.2, 0.25) is 37.6 Å². The van der Waals surface area contributed by atoms with E-state index in [0.29, 0.717) is 56.4 Å². The fourth-order valence-corrected chi connectivity index (χ4v) is 19.1. The minimum Gasteiger partial charge on any atom is -0.502 e. The van der Waals surface area contributed by atoms with Crippen molar-refractivity contribution in [2.24, 2.45) is 35.4 Å². The molecule has 9 fully saturated rings. The number of phenolic OH excluding ortho intramolecular Hbond substituents is 3. The number of hydrogen-bond acceptors (Lipinski definition) is 39. The van der Waals surface area contributed by atoms with E-state index in [-0.39, 0.29) is 116 Å². The minimum atomic E-state index is -3.10. The number of esters is 3. The first-order valence-electron chi connectivity index (χ1n) is 45.8. The van der Waals surface area contributed by atoms with E-state index < -0.39 is 238 Å². The molecule has 0 amide bonds. The second-order valence-electron chi connectivity index (χ2n) is 31.9. The van der Waals surface area contributed by atoms with E-state index in [9.17, 15) is 64.5 Å². The Labute approximate surface area is 733 Å². The van der Waals surface area contributed by atoms with Crippen molar-refractivity contribution >= 4 is 17.9 Å². The lowest BCUT2D eigenvalue weighted by Crippen LogP contribution is -2.63. The number of phenols is 3. The number of benzene rings is 6. The maximum Gasteiger partial charge on any atom is 0.310 e. The molecular formula is C87H96O39. The molecule has 0 aromatic heterocycles. The van der Waals surface area contributed by atoms with Crippen LogP contribution in [0.1, 0.15) is 122 Å². The summed E-state index contributed by atoms with van der Waals surface area (Å²) in [6.45, 7) is 1.57. The number of aliphatic hydroxyl groups excluding tert-OH is 6. The number of ether oxygens (including phenoxy) is 27. The van der Waals surface area contributed by atoms with Gasteiger partial charge in [0.05, 0.1) is 129 Å². The Balaban J connectivity index is 0.000000132. The van der Waals surface area contributed by atoms with Crippen LogP contribution in [0.25, 0.3) is 0 Å². The fourth-order valence-electron chi connectivity index (χ4n) is 19.1. The first-order valence-corrected chi connectivity index (χ1v) is 40.3. The third-order valence-electron chi connectivity index (χ3n) is 25.0.